The second-order valence-corrected chi connectivity index (χ2v) is 2.42. The third kappa shape index (κ3) is 1.59. The van der Waals surface area contributed by atoms with Crippen molar-refractivity contribution in [2.24, 2.45) is 0 Å². The third-order valence-corrected chi connectivity index (χ3v) is 1.49. The molecule has 2 rings (SSSR count). The minimum absolute atomic E-state index is 0.417. The van der Waals surface area contributed by atoms with Crippen LogP contribution in [0.5, 0.6) is 0 Å². The maximum atomic E-state index is 12.2. The van der Waals surface area contributed by atoms with Crippen molar-refractivity contribution >= 4 is 0 Å². The van der Waals surface area contributed by atoms with Crippen molar-refractivity contribution in [3.8, 4) is 5.69 Å². The number of hydrogen-bond donors (Lipinski definition) is 0. The molecule has 1 heterocycles. The summed E-state index contributed by atoms with van der Waals surface area (Å²) in [7, 11) is 0. The highest BCUT2D eigenvalue weighted by Crippen LogP contribution is 2.04. The Labute approximate surface area is 96.5 Å². The second-order valence-electron chi connectivity index (χ2n) is 2.42. The maximum Gasteiger partial charge on any atom is 0.255 e. The van der Waals surface area contributed by atoms with Crippen molar-refractivity contribution in [3.63, 3.8) is 0 Å². The fourth-order valence-corrected chi connectivity index (χ4v) is 0.919. The summed E-state index contributed by atoms with van der Waals surface area (Å²) in [5.41, 5.74) is -2.40. The van der Waals surface area contributed by atoms with Crippen molar-refractivity contribution in [3.05, 3.63) is 64.4 Å². The van der Waals surface area contributed by atoms with E-state index in [-0.39, 0.29) is 0 Å². The third-order valence-electron chi connectivity index (χ3n) is 1.49. The van der Waals surface area contributed by atoms with Crippen LogP contribution in [0.3, 0.4) is 0 Å². The molecule has 1 aromatic heterocycles. The molecule has 0 unspecified atom stereocenters. The highest BCUT2D eigenvalue weighted by molar-refractivity contribution is 5.32. The van der Waals surface area contributed by atoms with E-state index in [1.165, 1.54) is 0 Å². The molecule has 0 saturated carbocycles. The fraction of sp³-hybridized carbons (Fsp3) is 0.0833. The molecule has 0 bridgehead atoms. The zero-order valence-corrected chi connectivity index (χ0v) is 6.93. The number of nitrogens with zero attached hydrogens (tertiary/aromatic N) is 1. The number of rotatable bonds is 1. The summed E-state index contributed by atoms with van der Waals surface area (Å²) >= 11 is 0. The van der Waals surface area contributed by atoms with E-state index in [0.717, 1.165) is 0 Å². The lowest BCUT2D eigenvalue weighted by Crippen LogP contribution is -2.16. The first-order chi connectivity index (χ1) is 10.9. The van der Waals surface area contributed by atoms with Crippen LogP contribution in [0.4, 0.5) is 0 Å². The first-order valence-corrected chi connectivity index (χ1v) is 3.70. The highest BCUT2D eigenvalue weighted by atomic mass is 16.1. The van der Waals surface area contributed by atoms with E-state index < -0.39 is 66.1 Å². The van der Waals surface area contributed by atoms with Crippen LogP contribution in [0.1, 0.15) is 19.3 Å². The monoisotopic (exact) mass is 195 g/mol. The lowest BCUT2D eigenvalue weighted by molar-refractivity contribution is 0.976. The number of para-hydroxylation sites is 1. The van der Waals surface area contributed by atoms with E-state index in [4.69, 9.17) is 13.7 Å². The van der Waals surface area contributed by atoms with Crippen molar-refractivity contribution < 1.29 is 13.7 Å². The van der Waals surface area contributed by atoms with Gasteiger partial charge in [0.1, 0.15) is 0 Å². The van der Waals surface area contributed by atoms with E-state index in [1.54, 1.807) is 0 Å². The predicted octanol–water partition coefficient (Wildman–Crippen LogP) is 2.15. The van der Waals surface area contributed by atoms with Crippen LogP contribution in [-0.2, 0) is 0 Å². The number of pyridine rings is 1. The van der Waals surface area contributed by atoms with Gasteiger partial charge in [-0.05, 0) is 24.5 Å². The summed E-state index contributed by atoms with van der Waals surface area (Å²) in [6.07, 6.45) is -0.911. The summed E-state index contributed by atoms with van der Waals surface area (Å²) in [5.74, 6) is 0. The summed E-state index contributed by atoms with van der Waals surface area (Å²) in [6, 6.07) is -3.64. The molecule has 0 atom stereocenters. The molecule has 0 aliphatic rings. The van der Waals surface area contributed by atoms with Gasteiger partial charge in [0.15, 0.2) is 0 Å². The standard InChI is InChI=1S/C12H11NO/c1-10-7-8-12(14)13(9-10)11-5-3-2-4-6-11/h2-9H,1H3/i1D3,2D,3D,4D,5D,6D,7D,9D. The topological polar surface area (TPSA) is 22.0 Å². The van der Waals surface area contributed by atoms with Gasteiger partial charge in [-0.3, -0.25) is 9.36 Å². The molecule has 0 fully saturated rings. The van der Waals surface area contributed by atoms with E-state index in [2.05, 4.69) is 0 Å². The first-order valence-electron chi connectivity index (χ1n) is 8.70. The molecule has 70 valence electrons. The molecule has 0 aliphatic carbocycles. The number of aromatic nitrogens is 1. The van der Waals surface area contributed by atoms with E-state index in [9.17, 15) is 4.79 Å². The summed E-state index contributed by atoms with van der Waals surface area (Å²) in [5, 5.41) is 0. The zero-order chi connectivity index (χ0) is 18.6. The molecule has 2 heteroatoms. The minimum atomic E-state index is -2.88. The Morgan fingerprint density at radius 2 is 2.07 bits per heavy atom. The second kappa shape index (κ2) is 3.50. The van der Waals surface area contributed by atoms with Crippen LogP contribution < -0.4 is 5.56 Å². The lowest BCUT2D eigenvalue weighted by atomic mass is 10.3. The van der Waals surface area contributed by atoms with Crippen molar-refractivity contribution in [1.29, 1.82) is 0 Å². The van der Waals surface area contributed by atoms with Crippen LogP contribution in [0, 0.1) is 6.85 Å². The van der Waals surface area contributed by atoms with Crippen LogP contribution in [0.15, 0.2) is 53.3 Å². The Hall–Kier alpha value is -1.83. The molecule has 0 radical (unpaired) electrons. The van der Waals surface area contributed by atoms with Crippen LogP contribution >= 0.6 is 0 Å². The van der Waals surface area contributed by atoms with Gasteiger partial charge in [-0.25, -0.2) is 0 Å². The Bertz CT molecular complexity index is 869. The van der Waals surface area contributed by atoms with Gasteiger partial charge in [0.05, 0.1) is 9.60 Å². The Balaban J connectivity index is 3.03. The molecule has 0 aliphatic heterocycles. The SMILES string of the molecule is [2H]c1cc(=O)n(-c2c([2H])c([2H])c([2H])c([2H])c2[2H])c([2H])c1C([2H])([2H])[2H]. The molecule has 14 heavy (non-hydrogen) atoms. The quantitative estimate of drug-likeness (QED) is 0.683. The average molecular weight is 195 g/mol. The highest BCUT2D eigenvalue weighted by Gasteiger charge is 1.97. The molecule has 2 aromatic rings. The van der Waals surface area contributed by atoms with Gasteiger partial charge in [-0.1, -0.05) is 24.2 Å². The Kier molecular flexibility index (Phi) is 0.707. The molecule has 1 aromatic carbocycles. The van der Waals surface area contributed by atoms with Crippen LogP contribution in [0.25, 0.3) is 5.69 Å². The molecular weight excluding hydrogens is 174 g/mol. The molecule has 0 spiro atoms. The molecule has 2 nitrogen and oxygen atoms in total. The Morgan fingerprint density at radius 1 is 1.29 bits per heavy atom. The number of hydrogen-bond acceptors (Lipinski definition) is 1. The van der Waals surface area contributed by atoms with Gasteiger partial charge >= 0.3 is 0 Å². The van der Waals surface area contributed by atoms with Crippen molar-refractivity contribution in [2.45, 2.75) is 6.85 Å². The molecule has 0 N–H and O–H groups in total. The smallest absolute Gasteiger partial charge is 0.255 e. The Morgan fingerprint density at radius 3 is 2.79 bits per heavy atom. The predicted molar refractivity (Wildman–Crippen MR) is 56.8 cm³/mol. The zero-order valence-electron chi connectivity index (χ0n) is 16.9. The van der Waals surface area contributed by atoms with Crippen LogP contribution in [0.2, 0.25) is 0 Å². The van der Waals surface area contributed by atoms with Gasteiger partial charge in [0.2, 0.25) is 0 Å². The largest absolute Gasteiger partial charge is 0.284 e. The first kappa shape index (κ1) is 2.83. The summed E-state index contributed by atoms with van der Waals surface area (Å²) < 4.78 is 76.6. The summed E-state index contributed by atoms with van der Waals surface area (Å²) in [6.45, 7) is -2.88. The fourth-order valence-electron chi connectivity index (χ4n) is 0.919. The molecular formula is C12H11NO. The summed E-state index contributed by atoms with van der Waals surface area (Å²) in [4.78, 5) is 12.2. The molecule has 0 amide bonds. The van der Waals surface area contributed by atoms with Gasteiger partial charge in [-0.15, -0.1) is 0 Å². The minimum Gasteiger partial charge on any atom is -0.284 e. The average Bonchev–Trinajstić information content (AvgIpc) is 2.44. The lowest BCUT2D eigenvalue weighted by Gasteiger charge is -2.05. The van der Waals surface area contributed by atoms with Gasteiger partial charge in [0.25, 0.3) is 5.56 Å². The maximum absolute atomic E-state index is 12.2. The van der Waals surface area contributed by atoms with Gasteiger partial charge in [-0.2, -0.15) is 0 Å². The van der Waals surface area contributed by atoms with E-state index in [0.29, 0.717) is 10.6 Å². The van der Waals surface area contributed by atoms with Crippen molar-refractivity contribution in [1.82, 2.24) is 4.57 Å². The van der Waals surface area contributed by atoms with E-state index >= 15 is 0 Å². The van der Waals surface area contributed by atoms with Crippen molar-refractivity contribution in [2.75, 3.05) is 0 Å². The van der Waals surface area contributed by atoms with Crippen LogP contribution in [-0.4, -0.2) is 4.57 Å². The van der Waals surface area contributed by atoms with E-state index in [1.807, 2.05) is 0 Å². The normalized spacial score (nSPS) is 21.1. The molecule has 0 saturated heterocycles. The number of benzene rings is 1. The van der Waals surface area contributed by atoms with Gasteiger partial charge < -0.3 is 0 Å². The van der Waals surface area contributed by atoms with Gasteiger partial charge in [0, 0.05) is 22.0 Å².